The maximum atomic E-state index is 12.6. The predicted octanol–water partition coefficient (Wildman–Crippen LogP) is 6.19. The molecular weight excluding hydrogens is 440 g/mol. The first kappa shape index (κ1) is 21.4. The van der Waals surface area contributed by atoms with Crippen molar-refractivity contribution in [2.45, 2.75) is 20.5 Å². The SMILES string of the molecule is Cc1cccc(COc2ccc(Br)cc2/C=C(\C#N)C(=O)Nc2cccc(C)c2)c1. The van der Waals surface area contributed by atoms with Crippen molar-refractivity contribution in [1.82, 2.24) is 0 Å². The van der Waals surface area contributed by atoms with Gasteiger partial charge in [-0.15, -0.1) is 0 Å². The second-order valence-corrected chi connectivity index (χ2v) is 7.87. The largest absolute Gasteiger partial charge is 0.488 e. The number of carbonyl (C=O) groups excluding carboxylic acids is 1. The smallest absolute Gasteiger partial charge is 0.266 e. The molecule has 0 unspecified atom stereocenters. The summed E-state index contributed by atoms with van der Waals surface area (Å²) in [7, 11) is 0. The van der Waals surface area contributed by atoms with Gasteiger partial charge in [0, 0.05) is 15.7 Å². The standard InChI is InChI=1S/C25H21BrN2O2/c1-17-5-3-7-19(11-17)16-30-24-10-9-22(26)14-20(24)13-21(15-27)25(29)28-23-8-4-6-18(2)12-23/h3-14H,16H2,1-2H3,(H,28,29)/b21-13+. The summed E-state index contributed by atoms with van der Waals surface area (Å²) in [6.07, 6.45) is 1.54. The number of nitriles is 1. The van der Waals surface area contributed by atoms with Crippen LogP contribution in [0.25, 0.3) is 6.08 Å². The lowest BCUT2D eigenvalue weighted by Crippen LogP contribution is -2.13. The fourth-order valence-electron chi connectivity index (χ4n) is 2.95. The molecule has 5 heteroatoms. The van der Waals surface area contributed by atoms with E-state index in [0.29, 0.717) is 23.6 Å². The van der Waals surface area contributed by atoms with Gasteiger partial charge in [-0.3, -0.25) is 4.79 Å². The predicted molar refractivity (Wildman–Crippen MR) is 123 cm³/mol. The van der Waals surface area contributed by atoms with Crippen molar-refractivity contribution in [2.75, 3.05) is 5.32 Å². The van der Waals surface area contributed by atoms with Crippen LogP contribution in [0, 0.1) is 25.2 Å². The van der Waals surface area contributed by atoms with E-state index in [0.717, 1.165) is 21.2 Å². The van der Waals surface area contributed by atoms with Crippen molar-refractivity contribution >= 4 is 33.6 Å². The Balaban J connectivity index is 1.83. The van der Waals surface area contributed by atoms with Crippen molar-refractivity contribution in [3.63, 3.8) is 0 Å². The first-order valence-corrected chi connectivity index (χ1v) is 10.2. The Morgan fingerprint density at radius 2 is 1.80 bits per heavy atom. The summed E-state index contributed by atoms with van der Waals surface area (Å²) in [5.74, 6) is 0.128. The van der Waals surface area contributed by atoms with Gasteiger partial charge in [-0.1, -0.05) is 57.9 Å². The summed E-state index contributed by atoms with van der Waals surface area (Å²) in [5.41, 5.74) is 4.51. The van der Waals surface area contributed by atoms with Crippen molar-refractivity contribution in [3.8, 4) is 11.8 Å². The van der Waals surface area contributed by atoms with E-state index in [1.807, 2.05) is 74.5 Å². The number of nitrogens with one attached hydrogen (secondary N) is 1. The second kappa shape index (κ2) is 9.91. The number of ether oxygens (including phenoxy) is 1. The van der Waals surface area contributed by atoms with Gasteiger partial charge in [0.05, 0.1) is 0 Å². The molecule has 4 nitrogen and oxygen atoms in total. The molecule has 3 aromatic carbocycles. The number of anilines is 1. The van der Waals surface area contributed by atoms with Crippen LogP contribution in [0.1, 0.15) is 22.3 Å². The van der Waals surface area contributed by atoms with Gasteiger partial charge in [0.1, 0.15) is 24.0 Å². The van der Waals surface area contributed by atoms with E-state index in [2.05, 4.69) is 27.3 Å². The van der Waals surface area contributed by atoms with Crippen LogP contribution in [0.4, 0.5) is 5.69 Å². The number of hydrogen-bond donors (Lipinski definition) is 1. The third kappa shape index (κ3) is 5.82. The molecule has 0 fully saturated rings. The van der Waals surface area contributed by atoms with Crippen molar-refractivity contribution < 1.29 is 9.53 Å². The molecule has 1 amide bonds. The lowest BCUT2D eigenvalue weighted by atomic mass is 10.1. The molecule has 0 aliphatic carbocycles. The molecule has 0 bridgehead atoms. The van der Waals surface area contributed by atoms with Gasteiger partial charge in [-0.05, 0) is 61.4 Å². The number of aryl methyl sites for hydroxylation is 2. The maximum Gasteiger partial charge on any atom is 0.266 e. The normalized spacial score (nSPS) is 10.9. The van der Waals surface area contributed by atoms with Gasteiger partial charge in [0.15, 0.2) is 0 Å². The Morgan fingerprint density at radius 3 is 2.50 bits per heavy atom. The van der Waals surface area contributed by atoms with Gasteiger partial charge in [0.2, 0.25) is 0 Å². The Labute approximate surface area is 184 Å². The fraction of sp³-hybridized carbons (Fsp3) is 0.120. The van der Waals surface area contributed by atoms with Crippen molar-refractivity contribution in [3.05, 3.63) is 99.0 Å². The topological polar surface area (TPSA) is 62.1 Å². The molecular formula is C25H21BrN2O2. The van der Waals surface area contributed by atoms with Gasteiger partial charge in [-0.25, -0.2) is 0 Å². The van der Waals surface area contributed by atoms with Crippen LogP contribution >= 0.6 is 15.9 Å². The van der Waals surface area contributed by atoms with E-state index in [4.69, 9.17) is 4.74 Å². The zero-order valence-electron chi connectivity index (χ0n) is 16.8. The van der Waals surface area contributed by atoms with E-state index in [1.54, 1.807) is 12.1 Å². The number of hydrogen-bond acceptors (Lipinski definition) is 3. The Morgan fingerprint density at radius 1 is 1.07 bits per heavy atom. The van der Waals surface area contributed by atoms with Crippen LogP contribution in [-0.2, 0) is 11.4 Å². The molecule has 150 valence electrons. The van der Waals surface area contributed by atoms with Crippen LogP contribution in [0.3, 0.4) is 0 Å². The zero-order valence-corrected chi connectivity index (χ0v) is 18.4. The number of amides is 1. The van der Waals surface area contributed by atoms with E-state index in [1.165, 1.54) is 0 Å². The van der Waals surface area contributed by atoms with E-state index >= 15 is 0 Å². The Hall–Kier alpha value is -3.36. The molecule has 3 rings (SSSR count). The first-order chi connectivity index (χ1) is 14.4. The summed E-state index contributed by atoms with van der Waals surface area (Å²) in [6, 6.07) is 23.0. The first-order valence-electron chi connectivity index (χ1n) is 9.42. The molecule has 0 atom stereocenters. The number of halogens is 1. The molecule has 3 aromatic rings. The summed E-state index contributed by atoms with van der Waals surface area (Å²) < 4.78 is 6.81. The van der Waals surface area contributed by atoms with Crippen LogP contribution in [0.2, 0.25) is 0 Å². The number of benzene rings is 3. The maximum absolute atomic E-state index is 12.6. The molecule has 0 radical (unpaired) electrons. The van der Waals surface area contributed by atoms with Crippen LogP contribution in [-0.4, -0.2) is 5.91 Å². The molecule has 0 spiro atoms. The molecule has 1 N–H and O–H groups in total. The summed E-state index contributed by atoms with van der Waals surface area (Å²) >= 11 is 3.44. The highest BCUT2D eigenvalue weighted by Gasteiger charge is 2.12. The molecule has 0 aliphatic rings. The average molecular weight is 461 g/mol. The van der Waals surface area contributed by atoms with Crippen LogP contribution in [0.5, 0.6) is 5.75 Å². The molecule has 0 saturated carbocycles. The highest BCUT2D eigenvalue weighted by atomic mass is 79.9. The minimum Gasteiger partial charge on any atom is -0.488 e. The Kier molecular flexibility index (Phi) is 7.05. The molecule has 30 heavy (non-hydrogen) atoms. The third-order valence-corrected chi connectivity index (χ3v) is 4.88. The number of carbonyl (C=O) groups is 1. The van der Waals surface area contributed by atoms with Gasteiger partial charge < -0.3 is 10.1 Å². The average Bonchev–Trinajstić information content (AvgIpc) is 2.71. The lowest BCUT2D eigenvalue weighted by Gasteiger charge is -2.11. The minimum atomic E-state index is -0.465. The van der Waals surface area contributed by atoms with Crippen LogP contribution in [0.15, 0.2) is 76.8 Å². The highest BCUT2D eigenvalue weighted by Crippen LogP contribution is 2.27. The lowest BCUT2D eigenvalue weighted by molar-refractivity contribution is -0.112. The van der Waals surface area contributed by atoms with E-state index in [9.17, 15) is 10.1 Å². The Bertz CT molecular complexity index is 1150. The summed E-state index contributed by atoms with van der Waals surface area (Å²) in [6.45, 7) is 4.36. The van der Waals surface area contributed by atoms with Crippen LogP contribution < -0.4 is 10.1 Å². The number of rotatable bonds is 6. The second-order valence-electron chi connectivity index (χ2n) is 6.95. The fourth-order valence-corrected chi connectivity index (χ4v) is 3.33. The monoisotopic (exact) mass is 460 g/mol. The van der Waals surface area contributed by atoms with Gasteiger partial charge in [0.25, 0.3) is 5.91 Å². The molecule has 0 aromatic heterocycles. The zero-order chi connectivity index (χ0) is 21.5. The quantitative estimate of drug-likeness (QED) is 0.352. The highest BCUT2D eigenvalue weighted by molar-refractivity contribution is 9.10. The van der Waals surface area contributed by atoms with Crippen molar-refractivity contribution in [1.29, 1.82) is 5.26 Å². The van der Waals surface area contributed by atoms with E-state index in [-0.39, 0.29) is 5.57 Å². The van der Waals surface area contributed by atoms with E-state index < -0.39 is 5.91 Å². The minimum absolute atomic E-state index is 0.00462. The van der Waals surface area contributed by atoms with Gasteiger partial charge >= 0.3 is 0 Å². The summed E-state index contributed by atoms with van der Waals surface area (Å²) in [5, 5.41) is 12.3. The summed E-state index contributed by atoms with van der Waals surface area (Å²) in [4.78, 5) is 12.6. The molecule has 0 aliphatic heterocycles. The van der Waals surface area contributed by atoms with Crippen molar-refractivity contribution in [2.24, 2.45) is 0 Å². The molecule has 0 heterocycles. The van der Waals surface area contributed by atoms with Gasteiger partial charge in [-0.2, -0.15) is 5.26 Å². The molecule has 0 saturated heterocycles. The number of nitrogens with zero attached hydrogens (tertiary/aromatic N) is 1. The third-order valence-electron chi connectivity index (χ3n) is 4.39.